The number of ether oxygens (including phenoxy) is 2. The zero-order valence-corrected chi connectivity index (χ0v) is 32.4. The van der Waals surface area contributed by atoms with E-state index in [0.717, 1.165) is 5.56 Å². The average molecular weight is 738 g/mol. The van der Waals surface area contributed by atoms with Crippen LogP contribution in [0.3, 0.4) is 0 Å². The molecule has 0 saturated carbocycles. The van der Waals surface area contributed by atoms with Gasteiger partial charge in [0, 0.05) is 13.0 Å². The number of hydrazine groups is 1. The molecule has 1 fully saturated rings. The van der Waals surface area contributed by atoms with Gasteiger partial charge in [0.1, 0.15) is 36.1 Å². The summed E-state index contributed by atoms with van der Waals surface area (Å²) in [6.45, 7) is 19.3. The molecule has 266 valence electrons. The second-order valence-corrected chi connectivity index (χ2v) is 21.9. The Hall–Kier alpha value is -2.25. The third kappa shape index (κ3) is 13.6. The number of carbonyl (C=O) groups is 4. The van der Waals surface area contributed by atoms with E-state index in [1.54, 1.807) is 34.6 Å². The first-order valence-electron chi connectivity index (χ1n) is 15.8. The van der Waals surface area contributed by atoms with Gasteiger partial charge in [-0.25, -0.2) is 10.2 Å². The molecular weight excluding hydrogens is 687 g/mol. The van der Waals surface area contributed by atoms with Crippen LogP contribution in [0.25, 0.3) is 0 Å². The smallest absolute Gasteiger partial charge is 0.408 e. The van der Waals surface area contributed by atoms with Gasteiger partial charge in [-0.1, -0.05) is 81.6 Å². The van der Waals surface area contributed by atoms with Crippen molar-refractivity contribution in [3.8, 4) is 5.75 Å². The third-order valence-electron chi connectivity index (χ3n) is 7.87. The Labute approximate surface area is 295 Å². The zero-order valence-electron chi connectivity index (χ0n) is 29.1. The second-order valence-electron chi connectivity index (χ2n) is 14.7. The Bertz CT molecular complexity index is 1260. The van der Waals surface area contributed by atoms with Crippen LogP contribution in [-0.4, -0.2) is 77.9 Å². The van der Waals surface area contributed by atoms with E-state index in [-0.39, 0.29) is 23.9 Å². The molecule has 3 amide bonds. The fourth-order valence-corrected chi connectivity index (χ4v) is 5.59. The molecule has 0 aromatic heterocycles. The van der Waals surface area contributed by atoms with Crippen LogP contribution in [0.15, 0.2) is 24.3 Å². The molecule has 1 aliphatic rings. The number of amides is 3. The maximum atomic E-state index is 14.1. The SMILES string of the molecule is CC(C)C(NC(=O)OC(C)(C)C)C(=O)NC(Cc1cccc(O[Si](C)(C)C(C)(C)C)c1)C(=O)N1CCCC(C(=O)OCC(Cl)(Cl)Cl)N1. The summed E-state index contributed by atoms with van der Waals surface area (Å²) >= 11 is 17.2. The number of halogens is 3. The van der Waals surface area contributed by atoms with Crippen LogP contribution in [0, 0.1) is 5.92 Å². The van der Waals surface area contributed by atoms with Crippen molar-refractivity contribution in [1.29, 1.82) is 0 Å². The highest BCUT2D eigenvalue weighted by Gasteiger charge is 2.39. The summed E-state index contributed by atoms with van der Waals surface area (Å²) in [4.78, 5) is 53.1. The minimum atomic E-state index is -2.16. The van der Waals surface area contributed by atoms with E-state index in [1.165, 1.54) is 5.01 Å². The van der Waals surface area contributed by atoms with Gasteiger partial charge in [-0.2, -0.15) is 0 Å². The molecule has 0 spiro atoms. The van der Waals surface area contributed by atoms with Gasteiger partial charge in [0.25, 0.3) is 5.91 Å². The standard InChI is InChI=1S/C32H51Cl3N4O7Si/c1-20(2)25(37-29(43)45-30(3,4)5)26(40)36-24(18-21-13-11-14-22(17-21)46-47(9,10)31(6,7)8)27(41)39-16-12-15-23(38-39)28(42)44-19-32(33,34)35/h11,13-14,17,20,23-25,38H,12,15-16,18-19H2,1-10H3,(H,36,40)(H,37,43). The number of nitrogens with zero attached hydrogens (tertiary/aromatic N) is 1. The molecule has 3 N–H and O–H groups in total. The van der Waals surface area contributed by atoms with Gasteiger partial charge in [-0.3, -0.25) is 19.4 Å². The van der Waals surface area contributed by atoms with E-state index in [9.17, 15) is 19.2 Å². The Balaban J connectivity index is 2.36. The zero-order chi connectivity index (χ0) is 36.0. The number of carbonyl (C=O) groups excluding carboxylic acids is 4. The van der Waals surface area contributed by atoms with Crippen LogP contribution in [0.4, 0.5) is 4.79 Å². The molecule has 1 aromatic rings. The van der Waals surface area contributed by atoms with Gasteiger partial charge in [0.15, 0.2) is 0 Å². The summed E-state index contributed by atoms with van der Waals surface area (Å²) in [6, 6.07) is 4.51. The lowest BCUT2D eigenvalue weighted by molar-refractivity contribution is -0.153. The van der Waals surface area contributed by atoms with Crippen molar-refractivity contribution in [2.45, 2.75) is 120 Å². The highest BCUT2D eigenvalue weighted by atomic mass is 35.6. The molecule has 3 atom stereocenters. The largest absolute Gasteiger partial charge is 0.543 e. The molecule has 1 aliphatic heterocycles. The summed E-state index contributed by atoms with van der Waals surface area (Å²) in [5.41, 5.74) is 2.90. The lowest BCUT2D eigenvalue weighted by Gasteiger charge is -2.36. The van der Waals surface area contributed by atoms with Crippen LogP contribution in [-0.2, 0) is 30.3 Å². The van der Waals surface area contributed by atoms with Gasteiger partial charge in [-0.05, 0) is 75.4 Å². The van der Waals surface area contributed by atoms with Crippen molar-refractivity contribution < 1.29 is 33.1 Å². The van der Waals surface area contributed by atoms with Crippen molar-refractivity contribution in [1.82, 2.24) is 21.1 Å². The molecule has 1 saturated heterocycles. The quantitative estimate of drug-likeness (QED) is 0.142. The van der Waals surface area contributed by atoms with E-state index in [0.29, 0.717) is 18.6 Å². The summed E-state index contributed by atoms with van der Waals surface area (Å²) in [7, 11) is -2.16. The fourth-order valence-electron chi connectivity index (χ4n) is 4.41. The van der Waals surface area contributed by atoms with Crippen LogP contribution >= 0.6 is 34.8 Å². The highest BCUT2D eigenvalue weighted by molar-refractivity contribution is 6.74. The summed E-state index contributed by atoms with van der Waals surface area (Å²) in [5, 5.41) is 6.76. The lowest BCUT2D eigenvalue weighted by atomic mass is 10.0. The number of alkyl carbamates (subject to hydrolysis) is 1. The number of hydrogen-bond acceptors (Lipinski definition) is 8. The van der Waals surface area contributed by atoms with E-state index < -0.39 is 66.3 Å². The molecule has 1 aromatic carbocycles. The fraction of sp³-hybridized carbons (Fsp3) is 0.688. The van der Waals surface area contributed by atoms with E-state index in [1.807, 2.05) is 24.3 Å². The van der Waals surface area contributed by atoms with Crippen LogP contribution in [0.5, 0.6) is 5.75 Å². The molecule has 1 heterocycles. The number of benzene rings is 1. The molecule has 0 radical (unpaired) electrons. The Morgan fingerprint density at radius 3 is 2.23 bits per heavy atom. The molecule has 3 unspecified atom stereocenters. The van der Waals surface area contributed by atoms with Crippen LogP contribution in [0.1, 0.15) is 73.8 Å². The van der Waals surface area contributed by atoms with E-state index in [2.05, 4.69) is 49.9 Å². The monoisotopic (exact) mass is 736 g/mol. The Kier molecular flexibility index (Phi) is 14.3. The number of esters is 1. The molecule has 47 heavy (non-hydrogen) atoms. The molecule has 11 nitrogen and oxygen atoms in total. The number of hydrogen-bond donors (Lipinski definition) is 3. The van der Waals surface area contributed by atoms with E-state index in [4.69, 9.17) is 48.7 Å². The van der Waals surface area contributed by atoms with E-state index >= 15 is 0 Å². The Morgan fingerprint density at radius 1 is 1.04 bits per heavy atom. The Morgan fingerprint density at radius 2 is 1.68 bits per heavy atom. The van der Waals surface area contributed by atoms with Crippen molar-refractivity contribution in [3.63, 3.8) is 0 Å². The maximum Gasteiger partial charge on any atom is 0.408 e. The number of rotatable bonds is 11. The number of alkyl halides is 3. The van der Waals surface area contributed by atoms with Crippen LogP contribution in [0.2, 0.25) is 18.1 Å². The third-order valence-corrected chi connectivity index (χ3v) is 12.6. The summed E-state index contributed by atoms with van der Waals surface area (Å²) in [6.07, 6.45) is 0.231. The normalized spacial score (nSPS) is 17.4. The predicted octanol–water partition coefficient (Wildman–Crippen LogP) is 6.06. The molecular formula is C32H51Cl3N4O7Si. The van der Waals surface area contributed by atoms with Crippen molar-refractivity contribution in [2.24, 2.45) is 5.92 Å². The van der Waals surface area contributed by atoms with Gasteiger partial charge in [-0.15, -0.1) is 0 Å². The second kappa shape index (κ2) is 16.4. The molecule has 2 rings (SSSR count). The van der Waals surface area contributed by atoms with Gasteiger partial charge >= 0.3 is 12.1 Å². The molecule has 15 heteroatoms. The highest BCUT2D eigenvalue weighted by Crippen LogP contribution is 2.37. The lowest BCUT2D eigenvalue weighted by Crippen LogP contribution is -2.62. The predicted molar refractivity (Wildman–Crippen MR) is 187 cm³/mol. The van der Waals surface area contributed by atoms with Gasteiger partial charge in [0.05, 0.1) is 0 Å². The minimum absolute atomic E-state index is 0.0289. The first-order chi connectivity index (χ1) is 21.4. The van der Waals surface area contributed by atoms with Crippen LogP contribution < -0.4 is 20.5 Å². The molecule has 0 aliphatic carbocycles. The maximum absolute atomic E-state index is 14.1. The number of nitrogens with one attached hydrogen (secondary N) is 3. The van der Waals surface area contributed by atoms with Gasteiger partial charge < -0.3 is 24.5 Å². The first-order valence-corrected chi connectivity index (χ1v) is 19.8. The minimum Gasteiger partial charge on any atom is -0.543 e. The topological polar surface area (TPSA) is 135 Å². The first kappa shape index (κ1) is 40.9. The van der Waals surface area contributed by atoms with Crippen molar-refractivity contribution in [2.75, 3.05) is 13.2 Å². The van der Waals surface area contributed by atoms with Crippen molar-refractivity contribution >= 4 is 67.0 Å². The summed E-state index contributed by atoms with van der Waals surface area (Å²) < 4.78 is 15.2. The summed E-state index contributed by atoms with van der Waals surface area (Å²) in [5.74, 6) is -1.37. The van der Waals surface area contributed by atoms with Gasteiger partial charge in [0.2, 0.25) is 18.0 Å². The van der Waals surface area contributed by atoms with Crippen molar-refractivity contribution in [3.05, 3.63) is 29.8 Å². The average Bonchev–Trinajstić information content (AvgIpc) is 2.91. The molecule has 0 bridgehead atoms.